The molecule has 24 heavy (non-hydrogen) atoms. The Balaban J connectivity index is 2.87. The van der Waals surface area contributed by atoms with E-state index in [1.807, 2.05) is 13.0 Å². The van der Waals surface area contributed by atoms with E-state index in [2.05, 4.69) is 26.1 Å². The van der Waals surface area contributed by atoms with Crippen molar-refractivity contribution in [3.8, 4) is 0 Å². The van der Waals surface area contributed by atoms with Crippen LogP contribution in [0.15, 0.2) is 41.3 Å². The maximum absolute atomic E-state index is 14.2. The van der Waals surface area contributed by atoms with Gasteiger partial charge in [0.2, 0.25) is 5.91 Å². The lowest BCUT2D eigenvalue weighted by Crippen LogP contribution is -2.20. The number of amides is 1. The van der Waals surface area contributed by atoms with Gasteiger partial charge in [0.1, 0.15) is 5.83 Å². The van der Waals surface area contributed by atoms with Crippen molar-refractivity contribution in [3.63, 3.8) is 0 Å². The number of carbonyl (C=O) groups excluding carboxylic acids is 1. The smallest absolute Gasteiger partial charge is 0.244 e. The van der Waals surface area contributed by atoms with Gasteiger partial charge in [-0.25, -0.2) is 4.39 Å². The number of halogens is 1. The first-order valence-corrected chi connectivity index (χ1v) is 8.83. The zero-order valence-corrected chi connectivity index (χ0v) is 16.1. The van der Waals surface area contributed by atoms with Crippen molar-refractivity contribution in [2.75, 3.05) is 6.54 Å². The molecule has 0 aromatic carbocycles. The molecule has 2 nitrogen and oxygen atoms in total. The minimum atomic E-state index is -0.308. The van der Waals surface area contributed by atoms with Gasteiger partial charge in [0.15, 0.2) is 0 Å². The highest BCUT2D eigenvalue weighted by molar-refractivity contribution is 7.12. The first kappa shape index (κ1) is 20.1. The number of hydrogen-bond donors (Lipinski definition) is 1. The molecule has 0 aliphatic rings. The Morgan fingerprint density at radius 3 is 2.33 bits per heavy atom. The van der Waals surface area contributed by atoms with Crippen LogP contribution in [0.2, 0.25) is 0 Å². The van der Waals surface area contributed by atoms with E-state index in [4.69, 9.17) is 0 Å². The Kier molecular flexibility index (Phi) is 7.86. The summed E-state index contributed by atoms with van der Waals surface area (Å²) in [6, 6.07) is 0. The minimum Gasteiger partial charge on any atom is -0.353 e. The monoisotopic (exact) mass is 347 g/mol. The third kappa shape index (κ3) is 5.93. The summed E-state index contributed by atoms with van der Waals surface area (Å²) in [5.74, 6) is -0.475. The fourth-order valence-electron chi connectivity index (χ4n) is 2.16. The van der Waals surface area contributed by atoms with Crippen LogP contribution in [0.25, 0.3) is 6.08 Å². The molecule has 0 aliphatic carbocycles. The summed E-state index contributed by atoms with van der Waals surface area (Å²) in [5.41, 5.74) is 3.67. The van der Waals surface area contributed by atoms with Gasteiger partial charge < -0.3 is 5.32 Å². The lowest BCUT2D eigenvalue weighted by Gasteiger charge is -1.98. The lowest BCUT2D eigenvalue weighted by atomic mass is 10.1. The number of rotatable bonds is 6. The fraction of sp³-hybridized carbons (Fsp3) is 0.350. The van der Waals surface area contributed by atoms with E-state index < -0.39 is 0 Å². The molecule has 0 bridgehead atoms. The third-order valence-electron chi connectivity index (χ3n) is 3.70. The molecule has 0 saturated carbocycles. The predicted octanol–water partition coefficient (Wildman–Crippen LogP) is 5.57. The van der Waals surface area contributed by atoms with Crippen molar-refractivity contribution < 1.29 is 9.18 Å². The summed E-state index contributed by atoms with van der Waals surface area (Å²) in [5, 5.41) is 2.67. The molecule has 0 spiro atoms. The minimum absolute atomic E-state index is 0.167. The van der Waals surface area contributed by atoms with E-state index in [0.29, 0.717) is 17.7 Å². The molecular weight excluding hydrogens is 321 g/mol. The van der Waals surface area contributed by atoms with E-state index in [0.717, 1.165) is 0 Å². The van der Waals surface area contributed by atoms with Crippen molar-refractivity contribution in [2.45, 2.75) is 41.5 Å². The molecule has 0 unspecified atom stereocenters. The maximum atomic E-state index is 14.2. The SMILES string of the molecule is CCNC(=O)/C=C(C)/C=C/C(F)=C(C)/C=C/c1c(C)sc(C)c1C. The van der Waals surface area contributed by atoms with Gasteiger partial charge in [-0.1, -0.05) is 18.2 Å². The molecule has 1 N–H and O–H groups in total. The fourth-order valence-corrected chi connectivity index (χ4v) is 3.21. The Morgan fingerprint density at radius 2 is 1.79 bits per heavy atom. The predicted molar refractivity (Wildman–Crippen MR) is 103 cm³/mol. The highest BCUT2D eigenvalue weighted by Crippen LogP contribution is 2.28. The van der Waals surface area contributed by atoms with Gasteiger partial charge in [-0.2, -0.15) is 0 Å². The Bertz CT molecular complexity index is 720. The summed E-state index contributed by atoms with van der Waals surface area (Å²) >= 11 is 1.76. The highest BCUT2D eigenvalue weighted by Gasteiger charge is 2.06. The standard InChI is InChI=1S/C20H26FNOS/c1-7-22-20(23)12-13(2)8-11-19(21)14(3)9-10-18-15(4)16(5)24-17(18)6/h8-12H,7H2,1-6H3,(H,22,23)/b10-9+,11-8+,13-12+,19-14-. The number of nitrogens with one attached hydrogen (secondary N) is 1. The van der Waals surface area contributed by atoms with Crippen LogP contribution in [0.4, 0.5) is 4.39 Å². The number of hydrogen-bond acceptors (Lipinski definition) is 2. The number of carbonyl (C=O) groups is 1. The Hall–Kier alpha value is -1.94. The Labute approximate surface area is 148 Å². The number of thiophene rings is 1. The van der Waals surface area contributed by atoms with Crippen LogP contribution >= 0.6 is 11.3 Å². The zero-order chi connectivity index (χ0) is 18.3. The molecule has 1 aromatic heterocycles. The maximum Gasteiger partial charge on any atom is 0.244 e. The summed E-state index contributed by atoms with van der Waals surface area (Å²) in [7, 11) is 0. The van der Waals surface area contributed by atoms with Crippen molar-refractivity contribution >= 4 is 23.3 Å². The summed E-state index contributed by atoms with van der Waals surface area (Å²) in [6.45, 7) is 12.2. The number of likely N-dealkylation sites (N-methyl/N-ethyl adjacent to an activating group) is 1. The molecule has 1 aromatic rings. The van der Waals surface area contributed by atoms with Crippen LogP contribution in [0, 0.1) is 20.8 Å². The second-order valence-electron chi connectivity index (χ2n) is 5.73. The van der Waals surface area contributed by atoms with Crippen molar-refractivity contribution in [3.05, 3.63) is 62.2 Å². The van der Waals surface area contributed by atoms with E-state index >= 15 is 0 Å². The van der Waals surface area contributed by atoms with E-state index in [-0.39, 0.29) is 11.7 Å². The van der Waals surface area contributed by atoms with Gasteiger partial charge in [0.05, 0.1) is 0 Å². The molecule has 1 rings (SSSR count). The number of allylic oxidation sites excluding steroid dienone is 6. The van der Waals surface area contributed by atoms with E-state index in [1.165, 1.54) is 33.0 Å². The average Bonchev–Trinajstić information content (AvgIpc) is 2.75. The van der Waals surface area contributed by atoms with Crippen LogP contribution in [0.3, 0.4) is 0 Å². The zero-order valence-electron chi connectivity index (χ0n) is 15.3. The van der Waals surface area contributed by atoms with Crippen molar-refractivity contribution in [1.29, 1.82) is 0 Å². The van der Waals surface area contributed by atoms with Gasteiger partial charge in [0.25, 0.3) is 0 Å². The van der Waals surface area contributed by atoms with Crippen LogP contribution in [-0.2, 0) is 4.79 Å². The molecule has 4 heteroatoms. The van der Waals surface area contributed by atoms with Gasteiger partial charge in [0, 0.05) is 22.4 Å². The second-order valence-corrected chi connectivity index (χ2v) is 7.16. The van der Waals surface area contributed by atoms with Crippen LogP contribution in [-0.4, -0.2) is 12.5 Å². The van der Waals surface area contributed by atoms with Gasteiger partial charge in [-0.05, 0) is 69.9 Å². The molecule has 1 amide bonds. The van der Waals surface area contributed by atoms with Crippen LogP contribution in [0.1, 0.15) is 41.7 Å². The molecule has 0 fully saturated rings. The molecule has 0 aliphatic heterocycles. The summed E-state index contributed by atoms with van der Waals surface area (Å²) in [4.78, 5) is 14.0. The van der Waals surface area contributed by atoms with Crippen molar-refractivity contribution in [1.82, 2.24) is 5.32 Å². The normalized spacial score (nSPS) is 13.7. The topological polar surface area (TPSA) is 29.1 Å². The first-order valence-electron chi connectivity index (χ1n) is 8.01. The second kappa shape index (κ2) is 9.38. The molecule has 130 valence electrons. The number of aryl methyl sites for hydroxylation is 2. The highest BCUT2D eigenvalue weighted by atomic mass is 32.1. The lowest BCUT2D eigenvalue weighted by molar-refractivity contribution is -0.116. The van der Waals surface area contributed by atoms with Gasteiger partial charge >= 0.3 is 0 Å². The largest absolute Gasteiger partial charge is 0.353 e. The molecule has 0 atom stereocenters. The summed E-state index contributed by atoms with van der Waals surface area (Å²) in [6.07, 6.45) is 8.22. The van der Waals surface area contributed by atoms with E-state index in [1.54, 1.807) is 37.3 Å². The first-order chi connectivity index (χ1) is 11.3. The molecule has 0 radical (unpaired) electrons. The van der Waals surface area contributed by atoms with Crippen LogP contribution in [0.5, 0.6) is 0 Å². The Morgan fingerprint density at radius 1 is 1.12 bits per heavy atom. The van der Waals surface area contributed by atoms with Crippen molar-refractivity contribution in [2.24, 2.45) is 0 Å². The summed E-state index contributed by atoms with van der Waals surface area (Å²) < 4.78 is 14.2. The van der Waals surface area contributed by atoms with E-state index in [9.17, 15) is 9.18 Å². The molecular formula is C20H26FNOS. The molecule has 0 saturated heterocycles. The molecule has 1 heterocycles. The van der Waals surface area contributed by atoms with Gasteiger partial charge in [-0.3, -0.25) is 4.79 Å². The quantitative estimate of drug-likeness (QED) is 0.529. The third-order valence-corrected chi connectivity index (χ3v) is 4.84. The van der Waals surface area contributed by atoms with Crippen LogP contribution < -0.4 is 5.32 Å². The average molecular weight is 347 g/mol. The van der Waals surface area contributed by atoms with Gasteiger partial charge in [-0.15, -0.1) is 11.3 Å².